The van der Waals surface area contributed by atoms with Crippen LogP contribution >= 0.6 is 0 Å². The van der Waals surface area contributed by atoms with Crippen molar-refractivity contribution in [2.24, 2.45) is 0 Å². The van der Waals surface area contributed by atoms with Crippen LogP contribution in [0.5, 0.6) is 0 Å². The minimum absolute atomic E-state index is 0.268. The fourth-order valence-electron chi connectivity index (χ4n) is 4.26. The van der Waals surface area contributed by atoms with E-state index in [2.05, 4.69) is 20.3 Å². The van der Waals surface area contributed by atoms with Crippen molar-refractivity contribution in [3.63, 3.8) is 0 Å². The van der Waals surface area contributed by atoms with E-state index >= 15 is 0 Å². The number of nitrogens with zero attached hydrogens (tertiary/aromatic N) is 4. The number of nitrogens with one attached hydrogen (secondary N) is 1. The summed E-state index contributed by atoms with van der Waals surface area (Å²) < 4.78 is 30.4. The quantitative estimate of drug-likeness (QED) is 0.555. The molecule has 2 aliphatic heterocycles. The second kappa shape index (κ2) is 8.34. The number of benzene rings is 1. The Morgan fingerprint density at radius 3 is 2.61 bits per heavy atom. The van der Waals surface area contributed by atoms with Gasteiger partial charge in [-0.15, -0.1) is 0 Å². The highest BCUT2D eigenvalue weighted by Crippen LogP contribution is 2.44. The number of ether oxygens (including phenoxy) is 5. The van der Waals surface area contributed by atoms with Crippen molar-refractivity contribution in [1.29, 1.82) is 0 Å². The minimum atomic E-state index is -0.724. The zero-order chi connectivity index (χ0) is 23.2. The largest absolute Gasteiger partial charge is 0.465 e. The average molecular weight is 455 g/mol. The lowest BCUT2D eigenvalue weighted by Gasteiger charge is -2.24. The van der Waals surface area contributed by atoms with E-state index < -0.39 is 18.0 Å². The molecule has 3 aromatic rings. The Morgan fingerprint density at radius 1 is 1.12 bits per heavy atom. The summed E-state index contributed by atoms with van der Waals surface area (Å²) in [6.45, 7) is 4.15. The van der Waals surface area contributed by atoms with Crippen LogP contribution in [0.1, 0.15) is 30.4 Å². The Kier molecular flexibility index (Phi) is 5.49. The van der Waals surface area contributed by atoms with E-state index in [0.29, 0.717) is 29.2 Å². The van der Waals surface area contributed by atoms with Crippen LogP contribution in [0.3, 0.4) is 0 Å². The molecule has 1 aromatic carbocycles. The number of esters is 1. The smallest absolute Gasteiger partial charge is 0.337 e. The maximum atomic E-state index is 11.7. The summed E-state index contributed by atoms with van der Waals surface area (Å²) >= 11 is 0. The lowest BCUT2D eigenvalue weighted by molar-refractivity contribution is -0.200. The molecule has 11 heteroatoms. The number of aromatic nitrogens is 4. The third kappa shape index (κ3) is 3.93. The van der Waals surface area contributed by atoms with Crippen molar-refractivity contribution in [2.75, 3.05) is 26.1 Å². The predicted octanol–water partition coefficient (Wildman–Crippen LogP) is 2.42. The van der Waals surface area contributed by atoms with Gasteiger partial charge in [-0.1, -0.05) is 0 Å². The van der Waals surface area contributed by atoms with E-state index in [-0.39, 0.29) is 18.3 Å². The van der Waals surface area contributed by atoms with E-state index in [0.717, 1.165) is 5.69 Å². The maximum absolute atomic E-state index is 11.7. The molecule has 4 heterocycles. The van der Waals surface area contributed by atoms with E-state index in [1.807, 2.05) is 18.4 Å². The van der Waals surface area contributed by atoms with E-state index in [9.17, 15) is 4.79 Å². The van der Waals surface area contributed by atoms with Crippen molar-refractivity contribution in [3.8, 4) is 0 Å². The van der Waals surface area contributed by atoms with Crippen molar-refractivity contribution in [2.45, 2.75) is 44.2 Å². The number of hydrogen-bond donors (Lipinski definition) is 1. The van der Waals surface area contributed by atoms with Gasteiger partial charge in [-0.3, -0.25) is 4.57 Å². The molecule has 2 aliphatic rings. The molecule has 0 aliphatic carbocycles. The van der Waals surface area contributed by atoms with Crippen LogP contribution in [0.4, 0.5) is 11.5 Å². The molecule has 2 fully saturated rings. The SMILES string of the molecule is COC[C@H]1O[C@@H](n2cnc3c(Nc4ccc(C(=O)OC)cc4)ncnc32)[C@@H]2OC(C)(C)O[C@@H]21. The second-order valence-electron chi connectivity index (χ2n) is 8.33. The van der Waals surface area contributed by atoms with Crippen LogP contribution in [-0.2, 0) is 23.7 Å². The highest BCUT2D eigenvalue weighted by molar-refractivity contribution is 5.90. The summed E-state index contributed by atoms with van der Waals surface area (Å²) in [4.78, 5) is 25.0. The molecule has 4 atom stereocenters. The van der Waals surface area contributed by atoms with Crippen LogP contribution in [0, 0.1) is 0 Å². The highest BCUT2D eigenvalue weighted by Gasteiger charge is 2.56. The molecule has 0 unspecified atom stereocenters. The van der Waals surface area contributed by atoms with Gasteiger partial charge in [0.1, 0.15) is 24.6 Å². The molecule has 0 saturated carbocycles. The Hall–Kier alpha value is -3.12. The summed E-state index contributed by atoms with van der Waals surface area (Å²) in [5.74, 6) is -0.596. The second-order valence-corrected chi connectivity index (χ2v) is 8.33. The normalized spacial score (nSPS) is 25.8. The number of imidazole rings is 1. The lowest BCUT2D eigenvalue weighted by atomic mass is 10.1. The molecule has 11 nitrogen and oxygen atoms in total. The Balaban J connectivity index is 1.44. The molecule has 0 amide bonds. The molecule has 33 heavy (non-hydrogen) atoms. The Labute approximate surface area is 190 Å². The Bertz CT molecular complexity index is 1160. The van der Waals surface area contributed by atoms with Crippen LogP contribution < -0.4 is 5.32 Å². The number of carbonyl (C=O) groups excluding carboxylic acids is 1. The average Bonchev–Trinajstić information content (AvgIpc) is 3.46. The van der Waals surface area contributed by atoms with E-state index in [4.69, 9.17) is 23.7 Å². The number of rotatable bonds is 6. The number of fused-ring (bicyclic) bond motifs is 2. The van der Waals surface area contributed by atoms with Crippen LogP contribution in [0.2, 0.25) is 0 Å². The van der Waals surface area contributed by atoms with E-state index in [1.165, 1.54) is 13.4 Å². The first-order valence-corrected chi connectivity index (χ1v) is 10.5. The summed E-state index contributed by atoms with van der Waals surface area (Å²) in [7, 11) is 2.97. The fourth-order valence-corrected chi connectivity index (χ4v) is 4.26. The summed E-state index contributed by atoms with van der Waals surface area (Å²) in [6.07, 6.45) is 1.75. The number of anilines is 2. The third-order valence-corrected chi connectivity index (χ3v) is 5.66. The highest BCUT2D eigenvalue weighted by atomic mass is 16.8. The van der Waals surface area contributed by atoms with E-state index in [1.54, 1.807) is 37.7 Å². The summed E-state index contributed by atoms with van der Waals surface area (Å²) in [5.41, 5.74) is 2.36. The summed E-state index contributed by atoms with van der Waals surface area (Å²) in [6, 6.07) is 6.88. The molecule has 5 rings (SSSR count). The standard InChI is InChI=1S/C22H25N5O6/c1-22(2)32-16-14(9-29-3)31-20(17(16)33-22)27-11-25-15-18(23-10-24-19(15)27)26-13-7-5-12(6-8-13)21(28)30-4/h5-8,10-11,14,16-17,20H,9H2,1-4H3,(H,23,24,26)/t14-,16-,17-,20-/m1/s1. The van der Waals surface area contributed by atoms with Crippen molar-refractivity contribution >= 4 is 28.6 Å². The van der Waals surface area contributed by atoms with Crippen molar-refractivity contribution < 1.29 is 28.5 Å². The minimum Gasteiger partial charge on any atom is -0.465 e. The fraction of sp³-hybridized carbons (Fsp3) is 0.455. The molecular weight excluding hydrogens is 430 g/mol. The molecule has 1 N–H and O–H groups in total. The monoisotopic (exact) mass is 455 g/mol. The zero-order valence-electron chi connectivity index (χ0n) is 18.7. The van der Waals surface area contributed by atoms with Gasteiger partial charge in [-0.2, -0.15) is 0 Å². The van der Waals surface area contributed by atoms with Gasteiger partial charge >= 0.3 is 5.97 Å². The molecule has 174 valence electrons. The molecule has 2 aromatic heterocycles. The van der Waals surface area contributed by atoms with Gasteiger partial charge in [0, 0.05) is 12.8 Å². The van der Waals surface area contributed by atoms with Gasteiger partial charge in [-0.25, -0.2) is 19.7 Å². The number of hydrogen-bond acceptors (Lipinski definition) is 10. The molecule has 0 bridgehead atoms. The van der Waals surface area contributed by atoms with Gasteiger partial charge < -0.3 is 29.0 Å². The maximum Gasteiger partial charge on any atom is 0.337 e. The van der Waals surface area contributed by atoms with Gasteiger partial charge in [0.25, 0.3) is 0 Å². The predicted molar refractivity (Wildman–Crippen MR) is 116 cm³/mol. The molecule has 0 spiro atoms. The van der Waals surface area contributed by atoms with Gasteiger partial charge in [0.15, 0.2) is 29.0 Å². The molecule has 0 radical (unpaired) electrons. The first-order chi connectivity index (χ1) is 15.9. The first kappa shape index (κ1) is 21.7. The molecule has 2 saturated heterocycles. The van der Waals surface area contributed by atoms with Gasteiger partial charge in [-0.05, 0) is 38.1 Å². The Morgan fingerprint density at radius 2 is 1.88 bits per heavy atom. The van der Waals surface area contributed by atoms with Gasteiger partial charge in [0.2, 0.25) is 0 Å². The lowest BCUT2D eigenvalue weighted by Crippen LogP contribution is -2.32. The number of carbonyl (C=O) groups is 1. The van der Waals surface area contributed by atoms with Crippen molar-refractivity contribution in [3.05, 3.63) is 42.5 Å². The first-order valence-electron chi connectivity index (χ1n) is 10.5. The topological polar surface area (TPSA) is 119 Å². The third-order valence-electron chi connectivity index (χ3n) is 5.66. The zero-order valence-corrected chi connectivity index (χ0v) is 18.7. The molecular formula is C22H25N5O6. The van der Waals surface area contributed by atoms with Crippen molar-refractivity contribution in [1.82, 2.24) is 19.5 Å². The number of methoxy groups -OCH3 is 2. The summed E-state index contributed by atoms with van der Waals surface area (Å²) in [5, 5.41) is 3.23. The van der Waals surface area contributed by atoms with Crippen LogP contribution in [-0.4, -0.2) is 70.4 Å². The van der Waals surface area contributed by atoms with Crippen LogP contribution in [0.25, 0.3) is 11.2 Å². The van der Waals surface area contributed by atoms with Gasteiger partial charge in [0.05, 0.1) is 25.6 Å². The van der Waals surface area contributed by atoms with Crippen LogP contribution in [0.15, 0.2) is 36.9 Å².